The van der Waals surface area contributed by atoms with Crippen LogP contribution in [0.3, 0.4) is 0 Å². The molecule has 1 aliphatic carbocycles. The molecule has 3 atom stereocenters. The van der Waals surface area contributed by atoms with Crippen molar-refractivity contribution in [1.82, 2.24) is 10.2 Å². The Morgan fingerprint density at radius 1 is 1.60 bits per heavy atom. The molecule has 0 aromatic rings. The number of carbonyl (C=O) groups excluding carboxylic acids is 2. The molecular formula is C11H18N2O2. The van der Waals surface area contributed by atoms with Crippen LogP contribution in [-0.2, 0) is 9.59 Å². The molecule has 0 spiro atoms. The second kappa shape index (κ2) is 3.22. The number of piperidine rings is 1. The number of nitrogens with zero attached hydrogens (tertiary/aromatic N) is 1. The molecule has 15 heavy (non-hydrogen) atoms. The van der Waals surface area contributed by atoms with Crippen LogP contribution in [0.5, 0.6) is 0 Å². The molecule has 2 rings (SSSR count). The highest BCUT2D eigenvalue weighted by Gasteiger charge is 2.65. The average Bonchev–Trinajstić information content (AvgIpc) is 2.55. The number of hydrogen-bond acceptors (Lipinski definition) is 2. The Labute approximate surface area is 90.0 Å². The molecule has 2 aliphatic rings. The molecule has 4 nitrogen and oxygen atoms in total. The highest BCUT2D eigenvalue weighted by molar-refractivity contribution is 5.81. The van der Waals surface area contributed by atoms with Gasteiger partial charge in [0.25, 0.3) is 0 Å². The monoisotopic (exact) mass is 210 g/mol. The number of amides is 2. The average molecular weight is 210 g/mol. The minimum atomic E-state index is 0.0394. The first-order valence-corrected chi connectivity index (χ1v) is 5.46. The first kappa shape index (κ1) is 10.5. The lowest BCUT2D eigenvalue weighted by atomic mass is 10.0. The van der Waals surface area contributed by atoms with Crippen LogP contribution in [0.15, 0.2) is 0 Å². The maximum atomic E-state index is 11.7. The van der Waals surface area contributed by atoms with E-state index in [1.165, 1.54) is 0 Å². The third-order valence-electron chi connectivity index (χ3n) is 4.20. The van der Waals surface area contributed by atoms with Crippen molar-refractivity contribution >= 4 is 12.3 Å². The third-order valence-corrected chi connectivity index (χ3v) is 4.20. The van der Waals surface area contributed by atoms with Crippen molar-refractivity contribution in [3.63, 3.8) is 0 Å². The zero-order valence-corrected chi connectivity index (χ0v) is 9.49. The Morgan fingerprint density at radius 2 is 2.27 bits per heavy atom. The van der Waals surface area contributed by atoms with Gasteiger partial charge in [-0.15, -0.1) is 0 Å². The molecule has 0 radical (unpaired) electrons. The van der Waals surface area contributed by atoms with Crippen molar-refractivity contribution in [2.45, 2.75) is 26.8 Å². The molecule has 84 valence electrons. The maximum absolute atomic E-state index is 11.7. The van der Waals surface area contributed by atoms with E-state index in [-0.39, 0.29) is 12.5 Å². The summed E-state index contributed by atoms with van der Waals surface area (Å²) in [6.45, 7) is 7.64. The predicted octanol–water partition coefficient (Wildman–Crippen LogP) is 0.235. The summed E-state index contributed by atoms with van der Waals surface area (Å²) in [7, 11) is 0. The Morgan fingerprint density at radius 3 is 2.73 bits per heavy atom. The van der Waals surface area contributed by atoms with Gasteiger partial charge in [-0.05, 0) is 24.2 Å². The fourth-order valence-corrected chi connectivity index (χ4v) is 3.22. The van der Waals surface area contributed by atoms with Gasteiger partial charge in [-0.1, -0.05) is 13.8 Å². The van der Waals surface area contributed by atoms with Crippen LogP contribution in [-0.4, -0.2) is 36.3 Å². The van der Waals surface area contributed by atoms with Gasteiger partial charge in [0.15, 0.2) is 0 Å². The van der Waals surface area contributed by atoms with Crippen LogP contribution in [0, 0.1) is 17.3 Å². The van der Waals surface area contributed by atoms with Crippen LogP contribution in [0.4, 0.5) is 0 Å². The van der Waals surface area contributed by atoms with Crippen molar-refractivity contribution in [2.75, 3.05) is 13.1 Å². The van der Waals surface area contributed by atoms with Gasteiger partial charge < -0.3 is 10.2 Å². The summed E-state index contributed by atoms with van der Waals surface area (Å²) in [6.07, 6.45) is 0.573. The molecule has 1 saturated heterocycles. The number of rotatable bonds is 3. The molecule has 4 heteroatoms. The largest absolute Gasteiger partial charge is 0.350 e. The van der Waals surface area contributed by atoms with Crippen molar-refractivity contribution < 1.29 is 9.59 Å². The Kier molecular flexibility index (Phi) is 2.24. The van der Waals surface area contributed by atoms with Crippen molar-refractivity contribution in [3.8, 4) is 0 Å². The van der Waals surface area contributed by atoms with Crippen LogP contribution < -0.4 is 5.32 Å². The van der Waals surface area contributed by atoms with E-state index in [0.717, 1.165) is 6.54 Å². The highest BCUT2D eigenvalue weighted by atomic mass is 16.2. The fraction of sp³-hybridized carbons (Fsp3) is 0.818. The van der Waals surface area contributed by atoms with Gasteiger partial charge in [-0.3, -0.25) is 9.59 Å². The summed E-state index contributed by atoms with van der Waals surface area (Å²) in [6, 6.07) is 0.325. The smallest absolute Gasteiger partial charge is 0.242 e. The van der Waals surface area contributed by atoms with E-state index in [2.05, 4.69) is 26.1 Å². The minimum Gasteiger partial charge on any atom is -0.350 e. The number of nitrogens with one attached hydrogen (secondary N) is 1. The molecule has 1 heterocycles. The zero-order chi connectivity index (χ0) is 11.2. The quantitative estimate of drug-likeness (QED) is 0.678. The Hall–Kier alpha value is -1.06. The van der Waals surface area contributed by atoms with E-state index < -0.39 is 0 Å². The SMILES string of the molecule is C[C@@H]1C2C(CN1C(=O)CNC=O)C2(C)C. The summed E-state index contributed by atoms with van der Waals surface area (Å²) < 4.78 is 0. The molecule has 2 unspecified atom stereocenters. The van der Waals surface area contributed by atoms with Crippen molar-refractivity contribution in [2.24, 2.45) is 17.3 Å². The van der Waals surface area contributed by atoms with Crippen LogP contribution in [0.2, 0.25) is 0 Å². The van der Waals surface area contributed by atoms with E-state index >= 15 is 0 Å². The second-order valence-corrected chi connectivity index (χ2v) is 5.24. The first-order valence-electron chi connectivity index (χ1n) is 5.46. The van der Waals surface area contributed by atoms with Crippen LogP contribution >= 0.6 is 0 Å². The molecule has 2 amide bonds. The molecule has 1 saturated carbocycles. The summed E-state index contributed by atoms with van der Waals surface area (Å²) >= 11 is 0. The lowest BCUT2D eigenvalue weighted by Crippen LogP contribution is -2.43. The summed E-state index contributed by atoms with van der Waals surface area (Å²) in [5.74, 6) is 1.35. The lowest BCUT2D eigenvalue weighted by Gasteiger charge is -2.28. The number of hydrogen-bond donors (Lipinski definition) is 1. The minimum absolute atomic E-state index is 0.0394. The zero-order valence-electron chi connectivity index (χ0n) is 9.49. The maximum Gasteiger partial charge on any atom is 0.242 e. The van der Waals surface area contributed by atoms with Gasteiger partial charge in [0.05, 0.1) is 6.54 Å². The predicted molar refractivity (Wildman–Crippen MR) is 56.0 cm³/mol. The van der Waals surface area contributed by atoms with Crippen LogP contribution in [0.1, 0.15) is 20.8 Å². The normalized spacial score (nSPS) is 35.9. The molecule has 0 aromatic heterocycles. The van der Waals surface area contributed by atoms with Gasteiger partial charge in [-0.25, -0.2) is 0 Å². The van der Waals surface area contributed by atoms with Gasteiger partial charge >= 0.3 is 0 Å². The van der Waals surface area contributed by atoms with Gasteiger partial charge in [0.1, 0.15) is 0 Å². The van der Waals surface area contributed by atoms with E-state index in [1.807, 2.05) is 4.90 Å². The summed E-state index contributed by atoms with van der Waals surface area (Å²) in [5, 5.41) is 2.42. The lowest BCUT2D eigenvalue weighted by molar-refractivity contribution is -0.132. The van der Waals surface area contributed by atoms with Gasteiger partial charge in [0, 0.05) is 12.6 Å². The molecular weight excluding hydrogens is 192 g/mol. The van der Waals surface area contributed by atoms with Crippen molar-refractivity contribution in [3.05, 3.63) is 0 Å². The van der Waals surface area contributed by atoms with E-state index in [9.17, 15) is 9.59 Å². The summed E-state index contributed by atoms with van der Waals surface area (Å²) in [5.41, 5.74) is 0.411. The molecule has 0 bridgehead atoms. The van der Waals surface area contributed by atoms with Gasteiger partial charge in [-0.2, -0.15) is 0 Å². The fourth-order valence-electron chi connectivity index (χ4n) is 3.22. The van der Waals surface area contributed by atoms with E-state index in [4.69, 9.17) is 0 Å². The second-order valence-electron chi connectivity index (χ2n) is 5.24. The number of fused-ring (bicyclic) bond motifs is 1. The Bertz CT molecular complexity index is 301. The van der Waals surface area contributed by atoms with E-state index in [1.54, 1.807) is 0 Å². The number of carbonyl (C=O) groups is 2. The molecule has 2 fully saturated rings. The van der Waals surface area contributed by atoms with E-state index in [0.29, 0.717) is 29.7 Å². The first-order chi connectivity index (χ1) is 7.00. The standard InChI is InChI=1S/C11H18N2O2/c1-7-10-8(11(10,2)3)5-13(7)9(15)4-12-6-14/h6-8,10H,4-5H2,1-3H3,(H,12,14)/t7-,8?,10?/m1/s1. The van der Waals surface area contributed by atoms with Crippen LogP contribution in [0.25, 0.3) is 0 Å². The Balaban J connectivity index is 1.93. The topological polar surface area (TPSA) is 49.4 Å². The van der Waals surface area contributed by atoms with Gasteiger partial charge in [0.2, 0.25) is 12.3 Å². The molecule has 1 N–H and O–H groups in total. The molecule has 0 aromatic carbocycles. The third kappa shape index (κ3) is 1.43. The number of likely N-dealkylation sites (tertiary alicyclic amines) is 1. The summed E-state index contributed by atoms with van der Waals surface area (Å²) in [4.78, 5) is 23.7. The molecule has 1 aliphatic heterocycles. The highest BCUT2D eigenvalue weighted by Crippen LogP contribution is 2.64. The van der Waals surface area contributed by atoms with Crippen molar-refractivity contribution in [1.29, 1.82) is 0 Å².